The van der Waals surface area contributed by atoms with Crippen LogP contribution in [0, 0.1) is 0 Å². The fourth-order valence-electron chi connectivity index (χ4n) is 1.33. The van der Waals surface area contributed by atoms with E-state index in [1.165, 1.54) is 0 Å². The standard InChI is InChI=1S/C11H10N2O2/c14-8-15-6-5-11-12-7-9-3-1-2-4-10(9)13-11/h1-4,7-8H,5-6H2. The van der Waals surface area contributed by atoms with Gasteiger partial charge in [-0.1, -0.05) is 18.2 Å². The average molecular weight is 202 g/mol. The molecule has 4 heteroatoms. The van der Waals surface area contributed by atoms with Crippen molar-refractivity contribution in [1.82, 2.24) is 9.97 Å². The van der Waals surface area contributed by atoms with Crippen molar-refractivity contribution in [3.8, 4) is 0 Å². The minimum atomic E-state index is 0.321. The molecule has 0 aliphatic rings. The largest absolute Gasteiger partial charge is 0.467 e. The number of benzene rings is 1. The molecule has 0 aliphatic heterocycles. The Balaban J connectivity index is 2.19. The van der Waals surface area contributed by atoms with Gasteiger partial charge >= 0.3 is 0 Å². The highest BCUT2D eigenvalue weighted by atomic mass is 16.5. The molecular formula is C11H10N2O2. The number of ether oxygens (including phenoxy) is 1. The second-order valence-electron chi connectivity index (χ2n) is 3.06. The van der Waals surface area contributed by atoms with E-state index in [1.54, 1.807) is 6.20 Å². The van der Waals surface area contributed by atoms with Gasteiger partial charge in [-0.25, -0.2) is 9.97 Å². The van der Waals surface area contributed by atoms with Gasteiger partial charge in [0.05, 0.1) is 12.1 Å². The molecule has 15 heavy (non-hydrogen) atoms. The number of nitrogens with zero attached hydrogens (tertiary/aromatic N) is 2. The molecule has 0 saturated carbocycles. The van der Waals surface area contributed by atoms with E-state index in [1.807, 2.05) is 24.3 Å². The maximum atomic E-state index is 9.94. The van der Waals surface area contributed by atoms with Crippen molar-refractivity contribution in [3.05, 3.63) is 36.3 Å². The summed E-state index contributed by atoms with van der Waals surface area (Å²) < 4.78 is 4.59. The first-order valence-corrected chi connectivity index (χ1v) is 4.66. The van der Waals surface area contributed by atoms with Gasteiger partial charge in [0.15, 0.2) is 0 Å². The quantitative estimate of drug-likeness (QED) is 0.554. The van der Waals surface area contributed by atoms with Crippen LogP contribution >= 0.6 is 0 Å². The Labute approximate surface area is 86.9 Å². The normalized spacial score (nSPS) is 10.1. The van der Waals surface area contributed by atoms with Crippen LogP contribution in [-0.4, -0.2) is 23.0 Å². The summed E-state index contributed by atoms with van der Waals surface area (Å²) in [7, 11) is 0. The molecule has 2 aromatic rings. The van der Waals surface area contributed by atoms with E-state index in [4.69, 9.17) is 0 Å². The summed E-state index contributed by atoms with van der Waals surface area (Å²) in [6, 6.07) is 7.77. The van der Waals surface area contributed by atoms with Crippen molar-refractivity contribution < 1.29 is 9.53 Å². The van der Waals surface area contributed by atoms with Crippen LogP contribution in [0.4, 0.5) is 0 Å². The summed E-state index contributed by atoms with van der Waals surface area (Å²) in [5.41, 5.74) is 0.911. The van der Waals surface area contributed by atoms with Crippen LogP contribution in [0.1, 0.15) is 5.82 Å². The molecule has 0 atom stereocenters. The second-order valence-corrected chi connectivity index (χ2v) is 3.06. The maximum Gasteiger partial charge on any atom is 0.293 e. The van der Waals surface area contributed by atoms with E-state index in [9.17, 15) is 4.79 Å². The van der Waals surface area contributed by atoms with Gasteiger partial charge in [0, 0.05) is 18.0 Å². The van der Waals surface area contributed by atoms with Crippen LogP contribution in [0.3, 0.4) is 0 Å². The molecular weight excluding hydrogens is 192 g/mol. The first-order chi connectivity index (χ1) is 7.40. The summed E-state index contributed by atoms with van der Waals surface area (Å²) in [4.78, 5) is 18.5. The lowest BCUT2D eigenvalue weighted by Gasteiger charge is -2.00. The zero-order valence-electron chi connectivity index (χ0n) is 8.09. The highest BCUT2D eigenvalue weighted by molar-refractivity contribution is 5.77. The molecule has 0 bridgehead atoms. The molecule has 1 aromatic heterocycles. The van der Waals surface area contributed by atoms with Gasteiger partial charge < -0.3 is 4.74 Å². The lowest BCUT2D eigenvalue weighted by atomic mass is 10.2. The summed E-state index contributed by atoms with van der Waals surface area (Å²) in [5.74, 6) is 0.690. The first kappa shape index (κ1) is 9.58. The molecule has 1 aromatic carbocycles. The Morgan fingerprint density at radius 1 is 1.33 bits per heavy atom. The third kappa shape index (κ3) is 2.28. The minimum absolute atomic E-state index is 0.321. The predicted octanol–water partition coefficient (Wildman–Crippen LogP) is 1.35. The lowest BCUT2D eigenvalue weighted by Crippen LogP contribution is -2.01. The Bertz CT molecular complexity index is 471. The van der Waals surface area contributed by atoms with Crippen LogP contribution in [0.15, 0.2) is 30.5 Å². The summed E-state index contributed by atoms with van der Waals surface area (Å²) >= 11 is 0. The van der Waals surface area contributed by atoms with Crippen molar-refractivity contribution >= 4 is 17.4 Å². The van der Waals surface area contributed by atoms with Crippen molar-refractivity contribution in [2.75, 3.05) is 6.61 Å². The van der Waals surface area contributed by atoms with Crippen molar-refractivity contribution in [3.63, 3.8) is 0 Å². The van der Waals surface area contributed by atoms with E-state index >= 15 is 0 Å². The number of aromatic nitrogens is 2. The van der Waals surface area contributed by atoms with Gasteiger partial charge in [-0.2, -0.15) is 0 Å². The molecule has 76 valence electrons. The van der Waals surface area contributed by atoms with Gasteiger partial charge in [-0.15, -0.1) is 0 Å². The van der Waals surface area contributed by atoms with E-state index in [-0.39, 0.29) is 0 Å². The Morgan fingerprint density at radius 3 is 3.07 bits per heavy atom. The summed E-state index contributed by atoms with van der Waals surface area (Å²) in [6.45, 7) is 0.753. The smallest absolute Gasteiger partial charge is 0.293 e. The monoisotopic (exact) mass is 202 g/mol. The maximum absolute atomic E-state index is 9.94. The molecule has 4 nitrogen and oxygen atoms in total. The zero-order chi connectivity index (χ0) is 10.5. The molecule has 0 aliphatic carbocycles. The van der Waals surface area contributed by atoms with Crippen LogP contribution in [0.25, 0.3) is 10.9 Å². The van der Waals surface area contributed by atoms with Crippen molar-refractivity contribution in [2.24, 2.45) is 0 Å². The third-order valence-electron chi connectivity index (χ3n) is 2.05. The van der Waals surface area contributed by atoms with Gasteiger partial charge in [0.2, 0.25) is 0 Å². The number of hydrogen-bond acceptors (Lipinski definition) is 4. The molecule has 0 unspecified atom stereocenters. The van der Waals surface area contributed by atoms with Crippen LogP contribution in [0.5, 0.6) is 0 Å². The van der Waals surface area contributed by atoms with Gasteiger partial charge in [-0.3, -0.25) is 4.79 Å². The SMILES string of the molecule is O=COCCc1ncc2ccccc2n1. The average Bonchev–Trinajstić information content (AvgIpc) is 2.29. The number of carbonyl (C=O) groups is 1. The minimum Gasteiger partial charge on any atom is -0.467 e. The number of hydrogen-bond donors (Lipinski definition) is 0. The van der Waals surface area contributed by atoms with Crippen molar-refractivity contribution in [1.29, 1.82) is 0 Å². The first-order valence-electron chi connectivity index (χ1n) is 4.66. The zero-order valence-corrected chi connectivity index (χ0v) is 8.09. The van der Waals surface area contributed by atoms with E-state index < -0.39 is 0 Å². The number of carbonyl (C=O) groups excluding carboxylic acids is 1. The topological polar surface area (TPSA) is 52.1 Å². The predicted molar refractivity (Wildman–Crippen MR) is 55.3 cm³/mol. The molecule has 0 fully saturated rings. The fourth-order valence-corrected chi connectivity index (χ4v) is 1.33. The van der Waals surface area contributed by atoms with Gasteiger partial charge in [0.25, 0.3) is 6.47 Å². The van der Waals surface area contributed by atoms with E-state index in [0.29, 0.717) is 25.3 Å². The lowest BCUT2D eigenvalue weighted by molar-refractivity contribution is -0.128. The summed E-state index contributed by atoms with van der Waals surface area (Å²) in [6.07, 6.45) is 2.32. The molecule has 0 spiro atoms. The van der Waals surface area contributed by atoms with Gasteiger partial charge in [0.1, 0.15) is 5.82 Å². The number of fused-ring (bicyclic) bond motifs is 1. The highest BCUT2D eigenvalue weighted by Crippen LogP contribution is 2.09. The Hall–Kier alpha value is -1.97. The molecule has 0 radical (unpaired) electrons. The van der Waals surface area contributed by atoms with E-state index in [0.717, 1.165) is 10.9 Å². The van der Waals surface area contributed by atoms with Gasteiger partial charge in [-0.05, 0) is 6.07 Å². The van der Waals surface area contributed by atoms with E-state index in [2.05, 4.69) is 14.7 Å². The Kier molecular flexibility index (Phi) is 2.88. The molecule has 0 saturated heterocycles. The summed E-state index contributed by atoms with van der Waals surface area (Å²) in [5, 5.41) is 1.01. The number of para-hydroxylation sites is 1. The van der Waals surface area contributed by atoms with Crippen molar-refractivity contribution in [2.45, 2.75) is 6.42 Å². The highest BCUT2D eigenvalue weighted by Gasteiger charge is 1.99. The molecule has 0 N–H and O–H groups in total. The van der Waals surface area contributed by atoms with Crippen LogP contribution in [-0.2, 0) is 16.0 Å². The second kappa shape index (κ2) is 4.50. The molecule has 1 heterocycles. The third-order valence-corrected chi connectivity index (χ3v) is 2.05. The molecule has 0 amide bonds. The van der Waals surface area contributed by atoms with Crippen LogP contribution in [0.2, 0.25) is 0 Å². The fraction of sp³-hybridized carbons (Fsp3) is 0.182. The Morgan fingerprint density at radius 2 is 2.20 bits per heavy atom. The number of rotatable bonds is 4. The van der Waals surface area contributed by atoms with Crippen LogP contribution < -0.4 is 0 Å². The molecule has 2 rings (SSSR count).